The Balaban J connectivity index is 1.83. The number of rotatable bonds is 7. The van der Waals surface area contributed by atoms with Crippen molar-refractivity contribution in [2.75, 3.05) is 0 Å². The predicted octanol–water partition coefficient (Wildman–Crippen LogP) is 3.14. The fraction of sp³-hybridized carbons (Fsp3) is 0.529. The number of carbonyl (C=O) groups excluding carboxylic acids is 1. The number of carbonyl (C=O) groups is 1. The molecule has 3 N–H and O–H groups in total. The number of hydroxylamine groups is 1. The number of nitrogens with one attached hydrogen (secondary N) is 2. The third-order valence-corrected chi connectivity index (χ3v) is 8.45. The average molecular weight is 430 g/mol. The van der Waals surface area contributed by atoms with Crippen molar-refractivity contribution < 1.29 is 18.4 Å². The predicted molar refractivity (Wildman–Crippen MR) is 107 cm³/mol. The summed E-state index contributed by atoms with van der Waals surface area (Å²) in [5.41, 5.74) is 2.28. The fourth-order valence-corrected chi connectivity index (χ4v) is 7.10. The number of benzene rings is 1. The minimum atomic E-state index is -3.91. The van der Waals surface area contributed by atoms with E-state index in [0.717, 1.165) is 14.6 Å². The van der Waals surface area contributed by atoms with Gasteiger partial charge in [0.1, 0.15) is 6.04 Å². The van der Waals surface area contributed by atoms with Crippen LogP contribution in [0.1, 0.15) is 39.5 Å². The zero-order valence-electron chi connectivity index (χ0n) is 15.1. The minimum Gasteiger partial charge on any atom is -0.289 e. The van der Waals surface area contributed by atoms with Crippen LogP contribution in [0.15, 0.2) is 27.4 Å². The van der Waals surface area contributed by atoms with Crippen LogP contribution in [0.25, 0.3) is 10.2 Å². The number of amides is 1. The molecule has 7 nitrogen and oxygen atoms in total. The second-order valence-electron chi connectivity index (χ2n) is 6.95. The summed E-state index contributed by atoms with van der Waals surface area (Å²) in [5, 5.41) is 9.44. The van der Waals surface area contributed by atoms with E-state index in [2.05, 4.69) is 9.71 Å². The van der Waals surface area contributed by atoms with Gasteiger partial charge in [-0.2, -0.15) is 4.72 Å². The van der Waals surface area contributed by atoms with Crippen molar-refractivity contribution in [2.24, 2.45) is 5.92 Å². The molecular formula is C17H23N3O4S3. The smallest absolute Gasteiger partial charge is 0.261 e. The lowest BCUT2D eigenvalue weighted by Crippen LogP contribution is -2.48. The molecule has 1 aromatic carbocycles. The molecule has 0 unspecified atom stereocenters. The molecule has 1 heterocycles. The maximum Gasteiger partial charge on any atom is 0.261 e. The largest absolute Gasteiger partial charge is 0.289 e. The number of hydrogen-bond donors (Lipinski definition) is 3. The molecule has 1 atom stereocenters. The number of hydrogen-bond acceptors (Lipinski definition) is 7. The molecule has 1 aromatic heterocycles. The van der Waals surface area contributed by atoms with Crippen LogP contribution in [0, 0.1) is 5.92 Å². The van der Waals surface area contributed by atoms with Gasteiger partial charge in [0.25, 0.3) is 5.91 Å². The molecule has 0 bridgehead atoms. The van der Waals surface area contributed by atoms with E-state index in [9.17, 15) is 13.2 Å². The SMILES string of the molecule is CC(C)[C@@H](NS(=O)(=O)c1ccc2nc(SC3CCCC3)sc2c1)C(=O)NO. The zero-order chi connectivity index (χ0) is 19.6. The monoisotopic (exact) mass is 429 g/mol. The van der Waals surface area contributed by atoms with E-state index in [4.69, 9.17) is 5.21 Å². The number of aromatic nitrogens is 1. The molecule has 27 heavy (non-hydrogen) atoms. The highest BCUT2D eigenvalue weighted by molar-refractivity contribution is 8.01. The third kappa shape index (κ3) is 4.80. The Morgan fingerprint density at radius 3 is 2.67 bits per heavy atom. The topological polar surface area (TPSA) is 108 Å². The highest BCUT2D eigenvalue weighted by atomic mass is 32.2. The Labute approximate surface area is 167 Å². The first-order valence-electron chi connectivity index (χ1n) is 8.83. The molecule has 10 heteroatoms. The Kier molecular flexibility index (Phi) is 6.42. The second-order valence-corrected chi connectivity index (χ2v) is 11.2. The highest BCUT2D eigenvalue weighted by Gasteiger charge is 2.28. The fourth-order valence-electron chi connectivity index (χ4n) is 3.05. The Hall–Kier alpha value is -1.20. The van der Waals surface area contributed by atoms with E-state index in [1.54, 1.807) is 37.7 Å². The van der Waals surface area contributed by atoms with Crippen molar-refractivity contribution in [3.8, 4) is 0 Å². The standard InChI is InChI=1S/C17H23N3O4S3/c1-10(2)15(16(21)19-22)20-27(23,24)12-7-8-13-14(9-12)26-17(18-13)25-11-5-3-4-6-11/h7-11,15,20,22H,3-6H2,1-2H3,(H,19,21)/t15-/m1/s1. The van der Waals surface area contributed by atoms with Gasteiger partial charge in [0.2, 0.25) is 10.0 Å². The van der Waals surface area contributed by atoms with Gasteiger partial charge in [0.05, 0.1) is 15.1 Å². The van der Waals surface area contributed by atoms with Gasteiger partial charge in [-0.1, -0.05) is 38.5 Å². The summed E-state index contributed by atoms with van der Waals surface area (Å²) in [5.74, 6) is -1.11. The summed E-state index contributed by atoms with van der Waals surface area (Å²) in [6.45, 7) is 3.39. The Morgan fingerprint density at radius 1 is 1.33 bits per heavy atom. The molecule has 0 saturated heterocycles. The Morgan fingerprint density at radius 2 is 2.04 bits per heavy atom. The van der Waals surface area contributed by atoms with Gasteiger partial charge in [0, 0.05) is 5.25 Å². The van der Waals surface area contributed by atoms with Gasteiger partial charge in [-0.25, -0.2) is 18.9 Å². The summed E-state index contributed by atoms with van der Waals surface area (Å²) in [6, 6.07) is 3.70. The van der Waals surface area contributed by atoms with Crippen molar-refractivity contribution in [1.82, 2.24) is 15.2 Å². The van der Waals surface area contributed by atoms with Crippen molar-refractivity contribution in [2.45, 2.75) is 60.1 Å². The number of thioether (sulfide) groups is 1. The molecule has 0 radical (unpaired) electrons. The first-order chi connectivity index (χ1) is 12.8. The van der Waals surface area contributed by atoms with E-state index in [0.29, 0.717) is 5.25 Å². The minimum absolute atomic E-state index is 0.0763. The molecule has 1 saturated carbocycles. The molecule has 2 aromatic rings. The summed E-state index contributed by atoms with van der Waals surface area (Å²) in [7, 11) is -3.91. The number of nitrogens with zero attached hydrogens (tertiary/aromatic N) is 1. The van der Waals surface area contributed by atoms with Crippen molar-refractivity contribution in [1.29, 1.82) is 0 Å². The van der Waals surface area contributed by atoms with Crippen molar-refractivity contribution in [3.05, 3.63) is 18.2 Å². The third-order valence-electron chi connectivity index (χ3n) is 4.56. The normalized spacial score (nSPS) is 16.9. The van der Waals surface area contributed by atoms with Crippen LogP contribution in [0.5, 0.6) is 0 Å². The maximum atomic E-state index is 12.7. The Bertz CT molecular complexity index is 921. The van der Waals surface area contributed by atoms with Crippen LogP contribution in [-0.4, -0.2) is 35.8 Å². The lowest BCUT2D eigenvalue weighted by Gasteiger charge is -2.20. The van der Waals surface area contributed by atoms with Crippen molar-refractivity contribution >= 4 is 49.2 Å². The maximum absolute atomic E-state index is 12.7. The number of sulfonamides is 1. The summed E-state index contributed by atoms with van der Waals surface area (Å²) in [6.07, 6.45) is 4.92. The van der Waals surface area contributed by atoms with Gasteiger partial charge >= 0.3 is 0 Å². The molecule has 0 spiro atoms. The van der Waals surface area contributed by atoms with Gasteiger partial charge in [-0.15, -0.1) is 11.3 Å². The molecule has 3 rings (SSSR count). The van der Waals surface area contributed by atoms with Gasteiger partial charge in [0.15, 0.2) is 4.34 Å². The highest BCUT2D eigenvalue weighted by Crippen LogP contribution is 2.38. The van der Waals surface area contributed by atoms with E-state index >= 15 is 0 Å². The lowest BCUT2D eigenvalue weighted by atomic mass is 10.1. The number of thiazole rings is 1. The molecule has 0 aliphatic heterocycles. The second kappa shape index (κ2) is 8.44. The van der Waals surface area contributed by atoms with Crippen LogP contribution in [0.4, 0.5) is 0 Å². The van der Waals surface area contributed by atoms with Crippen LogP contribution in [0.2, 0.25) is 0 Å². The first-order valence-corrected chi connectivity index (χ1v) is 12.0. The van der Waals surface area contributed by atoms with Gasteiger partial charge in [-0.05, 0) is 37.0 Å². The number of fused-ring (bicyclic) bond motifs is 1. The lowest BCUT2D eigenvalue weighted by molar-refractivity contribution is -0.131. The van der Waals surface area contributed by atoms with E-state index in [1.807, 2.05) is 0 Å². The molecule has 1 fully saturated rings. The van der Waals surface area contributed by atoms with Crippen LogP contribution >= 0.6 is 23.1 Å². The van der Waals surface area contributed by atoms with Gasteiger partial charge in [-0.3, -0.25) is 10.0 Å². The molecule has 1 amide bonds. The van der Waals surface area contributed by atoms with Crippen LogP contribution in [0.3, 0.4) is 0 Å². The van der Waals surface area contributed by atoms with Crippen molar-refractivity contribution in [3.63, 3.8) is 0 Å². The quantitative estimate of drug-likeness (QED) is 0.461. The van der Waals surface area contributed by atoms with Gasteiger partial charge < -0.3 is 0 Å². The average Bonchev–Trinajstić information content (AvgIpc) is 3.27. The summed E-state index contributed by atoms with van der Waals surface area (Å²) in [4.78, 5) is 16.4. The molecule has 148 valence electrons. The first kappa shape index (κ1) is 20.5. The van der Waals surface area contributed by atoms with Crippen LogP contribution in [-0.2, 0) is 14.8 Å². The summed E-state index contributed by atoms with van der Waals surface area (Å²) < 4.78 is 29.5. The zero-order valence-corrected chi connectivity index (χ0v) is 17.6. The van der Waals surface area contributed by atoms with E-state index in [-0.39, 0.29) is 10.8 Å². The molecule has 1 aliphatic carbocycles. The van der Waals surface area contributed by atoms with E-state index in [1.165, 1.54) is 48.6 Å². The van der Waals surface area contributed by atoms with Crippen LogP contribution < -0.4 is 10.2 Å². The van der Waals surface area contributed by atoms with E-state index < -0.39 is 22.0 Å². The molecule has 1 aliphatic rings. The summed E-state index contributed by atoms with van der Waals surface area (Å²) >= 11 is 3.26. The molecular weight excluding hydrogens is 406 g/mol.